The lowest BCUT2D eigenvalue weighted by Gasteiger charge is -2.11. The highest BCUT2D eigenvalue weighted by atomic mass is 16.5. The number of aromatic amines is 1. The third-order valence-electron chi connectivity index (χ3n) is 4.23. The second-order valence-corrected chi connectivity index (χ2v) is 6.72. The van der Waals surface area contributed by atoms with Gasteiger partial charge in [-0.1, -0.05) is 19.1 Å². The molecule has 0 saturated heterocycles. The molecule has 0 bridgehead atoms. The van der Waals surface area contributed by atoms with Crippen molar-refractivity contribution in [3.63, 3.8) is 0 Å². The predicted octanol–water partition coefficient (Wildman–Crippen LogP) is 3.70. The van der Waals surface area contributed by atoms with Gasteiger partial charge in [-0.25, -0.2) is 5.43 Å². The van der Waals surface area contributed by atoms with Gasteiger partial charge in [0, 0.05) is 25.3 Å². The lowest BCUT2D eigenvalue weighted by atomic mass is 10.1. The van der Waals surface area contributed by atoms with Crippen LogP contribution in [-0.4, -0.2) is 43.0 Å². The minimum Gasteiger partial charge on any atom is -0.494 e. The zero-order valence-corrected chi connectivity index (χ0v) is 16.8. The largest absolute Gasteiger partial charge is 0.494 e. The highest BCUT2D eigenvalue weighted by Crippen LogP contribution is 2.21. The third-order valence-corrected chi connectivity index (χ3v) is 4.23. The Morgan fingerprint density at radius 3 is 2.55 bits per heavy atom. The number of hydrazone groups is 1. The van der Waals surface area contributed by atoms with Gasteiger partial charge in [-0.15, -0.1) is 0 Å². The lowest BCUT2D eigenvalue weighted by Crippen LogP contribution is -2.18. The van der Waals surface area contributed by atoms with E-state index in [1.54, 1.807) is 12.3 Å². The summed E-state index contributed by atoms with van der Waals surface area (Å²) in [6.45, 7) is 2.75. The first-order valence-electron chi connectivity index (χ1n) is 9.46. The summed E-state index contributed by atoms with van der Waals surface area (Å²) in [6.07, 6.45) is 2.56. The Balaban J connectivity index is 1.58. The molecule has 0 saturated carbocycles. The van der Waals surface area contributed by atoms with Gasteiger partial charge in [-0.3, -0.25) is 9.89 Å². The van der Waals surface area contributed by atoms with Crippen molar-refractivity contribution in [3.05, 3.63) is 65.9 Å². The molecule has 0 unspecified atom stereocenters. The first-order valence-corrected chi connectivity index (χ1v) is 9.46. The van der Waals surface area contributed by atoms with Crippen molar-refractivity contribution in [2.24, 2.45) is 5.10 Å². The number of nitrogens with zero attached hydrogens (tertiary/aromatic N) is 3. The number of H-pyrrole nitrogens is 1. The third kappa shape index (κ3) is 5.44. The van der Waals surface area contributed by atoms with Gasteiger partial charge in [0.15, 0.2) is 0 Å². The van der Waals surface area contributed by atoms with Crippen molar-refractivity contribution in [2.45, 2.75) is 13.3 Å². The van der Waals surface area contributed by atoms with Crippen molar-refractivity contribution in [2.75, 3.05) is 25.6 Å². The Morgan fingerprint density at radius 2 is 1.90 bits per heavy atom. The number of carbonyl (C=O) groups excluding carboxylic acids is 1. The van der Waals surface area contributed by atoms with Crippen LogP contribution in [0.3, 0.4) is 0 Å². The van der Waals surface area contributed by atoms with Gasteiger partial charge in [0.1, 0.15) is 11.4 Å². The number of nitrogens with one attached hydrogen (secondary N) is 2. The zero-order valence-electron chi connectivity index (χ0n) is 16.8. The number of hydrogen-bond donors (Lipinski definition) is 2. The quantitative estimate of drug-likeness (QED) is 0.453. The summed E-state index contributed by atoms with van der Waals surface area (Å²) < 4.78 is 5.58. The summed E-state index contributed by atoms with van der Waals surface area (Å²) in [6, 6.07) is 17.2. The van der Waals surface area contributed by atoms with Crippen LogP contribution in [0.1, 0.15) is 29.4 Å². The summed E-state index contributed by atoms with van der Waals surface area (Å²) in [5, 5.41) is 11.0. The SMILES string of the molecule is CCCOc1ccc(-c2cc(C(=O)N/N=C/c3ccc(N(C)C)cc3)[nH]n2)cc1. The second-order valence-electron chi connectivity index (χ2n) is 6.72. The monoisotopic (exact) mass is 391 g/mol. The molecule has 0 aliphatic heterocycles. The molecule has 0 spiro atoms. The second kappa shape index (κ2) is 9.54. The fraction of sp³-hybridized carbons (Fsp3) is 0.227. The van der Waals surface area contributed by atoms with Crippen LogP contribution >= 0.6 is 0 Å². The molecule has 0 aliphatic rings. The van der Waals surface area contributed by atoms with Crippen molar-refractivity contribution < 1.29 is 9.53 Å². The number of carbonyl (C=O) groups is 1. The zero-order chi connectivity index (χ0) is 20.6. The molecule has 1 amide bonds. The standard InChI is InChI=1S/C22H25N5O2/c1-4-13-29-19-11-7-17(8-12-19)20-14-21(25-24-20)22(28)26-23-15-16-5-9-18(10-6-16)27(2)3/h5-12,14-15H,4,13H2,1-3H3,(H,24,25)(H,26,28)/b23-15+. The molecule has 29 heavy (non-hydrogen) atoms. The van der Waals surface area contributed by atoms with Gasteiger partial charge < -0.3 is 9.64 Å². The van der Waals surface area contributed by atoms with E-state index in [4.69, 9.17) is 4.74 Å². The minimum absolute atomic E-state index is 0.339. The van der Waals surface area contributed by atoms with Crippen LogP contribution in [0.2, 0.25) is 0 Å². The van der Waals surface area contributed by atoms with E-state index < -0.39 is 0 Å². The van der Waals surface area contributed by atoms with Crippen LogP contribution in [0.4, 0.5) is 5.69 Å². The molecule has 150 valence electrons. The number of rotatable bonds is 8. The highest BCUT2D eigenvalue weighted by Gasteiger charge is 2.10. The normalized spacial score (nSPS) is 10.9. The first-order chi connectivity index (χ1) is 14.1. The molecule has 7 nitrogen and oxygen atoms in total. The van der Waals surface area contributed by atoms with E-state index in [2.05, 4.69) is 27.6 Å². The molecule has 3 aromatic rings. The molecule has 1 heterocycles. The van der Waals surface area contributed by atoms with Crippen LogP contribution in [0, 0.1) is 0 Å². The molecule has 0 aliphatic carbocycles. The van der Waals surface area contributed by atoms with Crippen LogP contribution < -0.4 is 15.1 Å². The number of hydrogen-bond acceptors (Lipinski definition) is 5. The molecule has 1 aromatic heterocycles. The van der Waals surface area contributed by atoms with E-state index >= 15 is 0 Å². The summed E-state index contributed by atoms with van der Waals surface area (Å²) in [5.41, 5.74) is 6.42. The maximum absolute atomic E-state index is 12.3. The van der Waals surface area contributed by atoms with E-state index in [1.807, 2.05) is 67.5 Å². The Kier molecular flexibility index (Phi) is 6.63. The number of aromatic nitrogens is 2. The Morgan fingerprint density at radius 1 is 1.17 bits per heavy atom. The molecule has 2 aromatic carbocycles. The maximum Gasteiger partial charge on any atom is 0.289 e. The van der Waals surface area contributed by atoms with E-state index in [0.29, 0.717) is 18.0 Å². The van der Waals surface area contributed by atoms with Crippen molar-refractivity contribution in [1.82, 2.24) is 15.6 Å². The highest BCUT2D eigenvalue weighted by molar-refractivity contribution is 5.94. The number of ether oxygens (including phenoxy) is 1. The van der Waals surface area contributed by atoms with Gasteiger partial charge >= 0.3 is 0 Å². The molecular formula is C22H25N5O2. The van der Waals surface area contributed by atoms with Gasteiger partial charge in [0.2, 0.25) is 0 Å². The molecule has 0 radical (unpaired) electrons. The van der Waals surface area contributed by atoms with Crippen molar-refractivity contribution in [3.8, 4) is 17.0 Å². The van der Waals surface area contributed by atoms with Crippen molar-refractivity contribution in [1.29, 1.82) is 0 Å². The fourth-order valence-corrected chi connectivity index (χ4v) is 2.61. The summed E-state index contributed by atoms with van der Waals surface area (Å²) >= 11 is 0. The molecule has 7 heteroatoms. The molecule has 3 rings (SSSR count). The summed E-state index contributed by atoms with van der Waals surface area (Å²) in [4.78, 5) is 14.3. The van der Waals surface area contributed by atoms with Crippen molar-refractivity contribution >= 4 is 17.8 Å². The predicted molar refractivity (Wildman–Crippen MR) is 116 cm³/mol. The average molecular weight is 391 g/mol. The summed E-state index contributed by atoms with van der Waals surface area (Å²) in [7, 11) is 3.97. The average Bonchev–Trinajstić information content (AvgIpc) is 3.23. The van der Waals surface area contributed by atoms with Crippen LogP contribution in [0.5, 0.6) is 5.75 Å². The maximum atomic E-state index is 12.3. The lowest BCUT2D eigenvalue weighted by molar-refractivity contribution is 0.0950. The Hall–Kier alpha value is -3.61. The van der Waals surface area contributed by atoms with Gasteiger partial charge in [-0.2, -0.15) is 10.2 Å². The Bertz CT molecular complexity index is 960. The van der Waals surface area contributed by atoms with E-state index in [1.165, 1.54) is 0 Å². The molecule has 0 fully saturated rings. The van der Waals surface area contributed by atoms with Crippen LogP contribution in [0.15, 0.2) is 59.7 Å². The topological polar surface area (TPSA) is 82.6 Å². The fourth-order valence-electron chi connectivity index (χ4n) is 2.61. The molecule has 2 N–H and O–H groups in total. The summed E-state index contributed by atoms with van der Waals surface area (Å²) in [5.74, 6) is 0.463. The minimum atomic E-state index is -0.354. The Labute approximate surface area is 170 Å². The smallest absolute Gasteiger partial charge is 0.289 e. The van der Waals surface area contributed by atoms with Gasteiger partial charge in [0.05, 0.1) is 18.5 Å². The molecular weight excluding hydrogens is 366 g/mol. The van der Waals surface area contributed by atoms with Gasteiger partial charge in [0.25, 0.3) is 5.91 Å². The van der Waals surface area contributed by atoms with E-state index in [0.717, 1.165) is 29.0 Å². The molecule has 0 atom stereocenters. The number of benzene rings is 2. The van der Waals surface area contributed by atoms with Crippen LogP contribution in [0.25, 0.3) is 11.3 Å². The van der Waals surface area contributed by atoms with E-state index in [-0.39, 0.29) is 5.91 Å². The van der Waals surface area contributed by atoms with Gasteiger partial charge in [-0.05, 0) is 54.4 Å². The number of anilines is 1. The number of amides is 1. The van der Waals surface area contributed by atoms with Crippen LogP contribution in [-0.2, 0) is 0 Å². The van der Waals surface area contributed by atoms with E-state index in [9.17, 15) is 4.79 Å². The first kappa shape index (κ1) is 20.1.